The van der Waals surface area contributed by atoms with Gasteiger partial charge in [0.05, 0.1) is 13.2 Å². The summed E-state index contributed by atoms with van der Waals surface area (Å²) < 4.78 is 5.35. The molecule has 0 spiro atoms. The zero-order valence-electron chi connectivity index (χ0n) is 14.2. The molecule has 0 saturated carbocycles. The highest BCUT2D eigenvalue weighted by atomic mass is 16.5. The molecule has 5 heteroatoms. The van der Waals surface area contributed by atoms with Gasteiger partial charge in [-0.3, -0.25) is 9.59 Å². The first-order valence-electron chi connectivity index (χ1n) is 7.84. The standard InChI is InChI=1S/C19H22N2O3/c1-4-24-17-11-7-15(8-12-17)19(23)21(3)13-18(22)20-16-9-5-14(2)6-10-16/h5-12H,4,13H2,1-3H3,(H,20,22). The van der Waals surface area contributed by atoms with E-state index in [1.54, 1.807) is 31.3 Å². The summed E-state index contributed by atoms with van der Waals surface area (Å²) in [4.78, 5) is 25.8. The monoisotopic (exact) mass is 326 g/mol. The molecule has 0 aliphatic heterocycles. The first-order valence-corrected chi connectivity index (χ1v) is 7.84. The van der Waals surface area contributed by atoms with E-state index < -0.39 is 0 Å². The van der Waals surface area contributed by atoms with Gasteiger partial charge in [0.1, 0.15) is 5.75 Å². The molecule has 0 aliphatic rings. The van der Waals surface area contributed by atoms with Gasteiger partial charge in [0, 0.05) is 18.3 Å². The largest absolute Gasteiger partial charge is 0.494 e. The third kappa shape index (κ3) is 4.84. The van der Waals surface area contributed by atoms with Crippen molar-refractivity contribution in [2.24, 2.45) is 0 Å². The van der Waals surface area contributed by atoms with E-state index in [0.717, 1.165) is 5.56 Å². The minimum Gasteiger partial charge on any atom is -0.494 e. The van der Waals surface area contributed by atoms with E-state index >= 15 is 0 Å². The summed E-state index contributed by atoms with van der Waals surface area (Å²) in [6, 6.07) is 14.4. The SMILES string of the molecule is CCOc1ccc(C(=O)N(C)CC(=O)Nc2ccc(C)cc2)cc1. The molecule has 2 amide bonds. The van der Waals surface area contributed by atoms with Gasteiger partial charge in [-0.05, 0) is 50.2 Å². The van der Waals surface area contributed by atoms with E-state index in [4.69, 9.17) is 4.74 Å². The van der Waals surface area contributed by atoms with E-state index in [1.807, 2.05) is 38.1 Å². The molecule has 0 fully saturated rings. The molecule has 0 aromatic heterocycles. The van der Waals surface area contributed by atoms with Gasteiger partial charge in [-0.2, -0.15) is 0 Å². The number of amides is 2. The van der Waals surface area contributed by atoms with Crippen LogP contribution in [0.15, 0.2) is 48.5 Å². The Morgan fingerprint density at radius 2 is 1.67 bits per heavy atom. The summed E-state index contributed by atoms with van der Waals surface area (Å²) in [6.45, 7) is 4.45. The fourth-order valence-electron chi connectivity index (χ4n) is 2.21. The lowest BCUT2D eigenvalue weighted by molar-refractivity contribution is -0.116. The van der Waals surface area contributed by atoms with Crippen LogP contribution in [0.1, 0.15) is 22.8 Å². The maximum absolute atomic E-state index is 12.4. The Morgan fingerprint density at radius 3 is 2.25 bits per heavy atom. The van der Waals surface area contributed by atoms with Crippen molar-refractivity contribution in [1.29, 1.82) is 0 Å². The van der Waals surface area contributed by atoms with Gasteiger partial charge >= 0.3 is 0 Å². The second kappa shape index (κ2) is 8.15. The summed E-state index contributed by atoms with van der Waals surface area (Å²) in [7, 11) is 1.60. The molecular formula is C19H22N2O3. The summed E-state index contributed by atoms with van der Waals surface area (Å²) in [5.74, 6) is 0.270. The molecule has 0 atom stereocenters. The number of hydrogen-bond acceptors (Lipinski definition) is 3. The Kier molecular flexibility index (Phi) is 5.95. The molecule has 2 aromatic carbocycles. The number of anilines is 1. The molecular weight excluding hydrogens is 304 g/mol. The van der Waals surface area contributed by atoms with Gasteiger partial charge in [-0.1, -0.05) is 17.7 Å². The van der Waals surface area contributed by atoms with Crippen molar-refractivity contribution >= 4 is 17.5 Å². The van der Waals surface area contributed by atoms with E-state index in [9.17, 15) is 9.59 Å². The number of hydrogen-bond donors (Lipinski definition) is 1. The van der Waals surface area contributed by atoms with Crippen LogP contribution in [0.2, 0.25) is 0 Å². The molecule has 0 heterocycles. The van der Waals surface area contributed by atoms with Gasteiger partial charge in [0.2, 0.25) is 5.91 Å². The predicted molar refractivity (Wildman–Crippen MR) is 94.4 cm³/mol. The number of rotatable bonds is 6. The molecule has 2 aromatic rings. The number of ether oxygens (including phenoxy) is 1. The van der Waals surface area contributed by atoms with Gasteiger partial charge in [0.15, 0.2) is 0 Å². The predicted octanol–water partition coefficient (Wildman–Crippen LogP) is 3.10. The second-order valence-electron chi connectivity index (χ2n) is 5.53. The van der Waals surface area contributed by atoms with Crippen LogP contribution in [0.4, 0.5) is 5.69 Å². The molecule has 1 N–H and O–H groups in total. The average molecular weight is 326 g/mol. The molecule has 126 valence electrons. The Hall–Kier alpha value is -2.82. The molecule has 0 bridgehead atoms. The summed E-state index contributed by atoms with van der Waals surface area (Å²) >= 11 is 0. The third-order valence-electron chi connectivity index (χ3n) is 3.48. The first kappa shape index (κ1) is 17.5. The fraction of sp³-hybridized carbons (Fsp3) is 0.263. The van der Waals surface area contributed by atoms with E-state index in [1.165, 1.54) is 4.90 Å². The van der Waals surface area contributed by atoms with Crippen LogP contribution in [-0.2, 0) is 4.79 Å². The first-order chi connectivity index (χ1) is 11.5. The van der Waals surface area contributed by atoms with Crippen LogP contribution in [0.5, 0.6) is 5.75 Å². The van der Waals surface area contributed by atoms with Gasteiger partial charge < -0.3 is 15.0 Å². The number of carbonyl (C=O) groups is 2. The zero-order valence-corrected chi connectivity index (χ0v) is 14.2. The quantitative estimate of drug-likeness (QED) is 0.887. The molecule has 2 rings (SSSR count). The third-order valence-corrected chi connectivity index (χ3v) is 3.48. The second-order valence-corrected chi connectivity index (χ2v) is 5.53. The minimum atomic E-state index is -0.236. The number of carbonyl (C=O) groups excluding carboxylic acids is 2. The van der Waals surface area contributed by atoms with Gasteiger partial charge in [-0.15, -0.1) is 0 Å². The molecule has 0 radical (unpaired) electrons. The maximum Gasteiger partial charge on any atom is 0.254 e. The van der Waals surface area contributed by atoms with Gasteiger partial charge in [0.25, 0.3) is 5.91 Å². The Bertz CT molecular complexity index is 694. The lowest BCUT2D eigenvalue weighted by atomic mass is 10.2. The highest BCUT2D eigenvalue weighted by Gasteiger charge is 2.15. The topological polar surface area (TPSA) is 58.6 Å². The molecule has 0 unspecified atom stereocenters. The normalized spacial score (nSPS) is 10.1. The number of aryl methyl sites for hydroxylation is 1. The smallest absolute Gasteiger partial charge is 0.254 e. The van der Waals surface area contributed by atoms with Crippen molar-refractivity contribution in [2.45, 2.75) is 13.8 Å². The van der Waals surface area contributed by atoms with Crippen LogP contribution >= 0.6 is 0 Å². The van der Waals surface area contributed by atoms with Crippen molar-refractivity contribution in [2.75, 3.05) is 25.5 Å². The Balaban J connectivity index is 1.92. The van der Waals surface area contributed by atoms with Crippen LogP contribution in [0.25, 0.3) is 0 Å². The minimum absolute atomic E-state index is 0.0140. The lowest BCUT2D eigenvalue weighted by Gasteiger charge is -2.17. The molecule has 0 aliphatic carbocycles. The summed E-state index contributed by atoms with van der Waals surface area (Å²) in [5.41, 5.74) is 2.35. The fourth-order valence-corrected chi connectivity index (χ4v) is 2.21. The highest BCUT2D eigenvalue weighted by molar-refractivity contribution is 5.99. The van der Waals surface area contributed by atoms with Gasteiger partial charge in [-0.25, -0.2) is 0 Å². The van der Waals surface area contributed by atoms with Crippen LogP contribution in [0.3, 0.4) is 0 Å². The lowest BCUT2D eigenvalue weighted by Crippen LogP contribution is -2.34. The van der Waals surface area contributed by atoms with Crippen molar-refractivity contribution in [3.05, 3.63) is 59.7 Å². The zero-order chi connectivity index (χ0) is 17.5. The number of benzene rings is 2. The van der Waals surface area contributed by atoms with Crippen LogP contribution in [0, 0.1) is 6.92 Å². The summed E-state index contributed by atoms with van der Waals surface area (Å²) in [5, 5.41) is 2.78. The summed E-state index contributed by atoms with van der Waals surface area (Å²) in [6.07, 6.45) is 0. The van der Waals surface area contributed by atoms with Crippen molar-refractivity contribution < 1.29 is 14.3 Å². The highest BCUT2D eigenvalue weighted by Crippen LogP contribution is 2.13. The van der Waals surface area contributed by atoms with Crippen molar-refractivity contribution in [1.82, 2.24) is 4.90 Å². The Labute approximate surface area is 142 Å². The van der Waals surface area contributed by atoms with E-state index in [0.29, 0.717) is 23.6 Å². The number of nitrogens with one attached hydrogen (secondary N) is 1. The number of likely N-dealkylation sites (N-methyl/N-ethyl adjacent to an activating group) is 1. The van der Waals surface area contributed by atoms with E-state index in [2.05, 4.69) is 5.32 Å². The van der Waals surface area contributed by atoms with E-state index in [-0.39, 0.29) is 18.4 Å². The molecule has 5 nitrogen and oxygen atoms in total. The average Bonchev–Trinajstić information content (AvgIpc) is 2.57. The van der Waals surface area contributed by atoms with Crippen LogP contribution < -0.4 is 10.1 Å². The van der Waals surface area contributed by atoms with Crippen LogP contribution in [-0.4, -0.2) is 36.9 Å². The van der Waals surface area contributed by atoms with Crippen molar-refractivity contribution in [3.63, 3.8) is 0 Å². The maximum atomic E-state index is 12.4. The molecule has 24 heavy (non-hydrogen) atoms. The van der Waals surface area contributed by atoms with Crippen molar-refractivity contribution in [3.8, 4) is 5.75 Å². The molecule has 0 saturated heterocycles. The number of nitrogens with zero attached hydrogens (tertiary/aromatic N) is 1. The Morgan fingerprint density at radius 1 is 1.04 bits per heavy atom.